The minimum Gasteiger partial charge on any atom is -0.493 e. The zero-order valence-electron chi connectivity index (χ0n) is 12.1. The van der Waals surface area contributed by atoms with Gasteiger partial charge in [0, 0.05) is 6.07 Å². The number of aromatic amines is 1. The van der Waals surface area contributed by atoms with Crippen molar-refractivity contribution in [3.05, 3.63) is 36.4 Å². The van der Waals surface area contributed by atoms with E-state index in [-0.39, 0.29) is 0 Å². The number of para-hydroxylation sites is 1. The van der Waals surface area contributed by atoms with Gasteiger partial charge in [-0.25, -0.2) is 4.98 Å². The molecule has 3 rings (SSSR count). The minimum atomic E-state index is 0.584. The Hall–Kier alpha value is -2.56. The first-order valence-corrected chi connectivity index (χ1v) is 7.03. The van der Waals surface area contributed by atoms with Gasteiger partial charge < -0.3 is 14.5 Å². The Balaban J connectivity index is 2.05. The van der Waals surface area contributed by atoms with Crippen molar-refractivity contribution >= 4 is 11.2 Å². The Morgan fingerprint density at radius 2 is 1.76 bits per heavy atom. The molecule has 0 saturated carbocycles. The Labute approximate surface area is 123 Å². The van der Waals surface area contributed by atoms with Gasteiger partial charge in [0.05, 0.1) is 24.3 Å². The van der Waals surface area contributed by atoms with Crippen LogP contribution in [0.1, 0.15) is 13.8 Å². The summed E-state index contributed by atoms with van der Waals surface area (Å²) in [6.07, 6.45) is 0. The van der Waals surface area contributed by atoms with E-state index < -0.39 is 0 Å². The van der Waals surface area contributed by atoms with Crippen molar-refractivity contribution in [1.82, 2.24) is 15.0 Å². The van der Waals surface area contributed by atoms with Gasteiger partial charge in [0.25, 0.3) is 0 Å². The average molecular weight is 283 g/mol. The molecule has 1 N–H and O–H groups in total. The van der Waals surface area contributed by atoms with Crippen LogP contribution in [0.3, 0.4) is 0 Å². The monoisotopic (exact) mass is 283 g/mol. The van der Waals surface area contributed by atoms with E-state index in [2.05, 4.69) is 15.0 Å². The number of hydrogen-bond donors (Lipinski definition) is 1. The molecule has 0 aliphatic rings. The molecule has 2 aromatic heterocycles. The highest BCUT2D eigenvalue weighted by atomic mass is 16.5. The number of nitrogens with one attached hydrogen (secondary N) is 1. The van der Waals surface area contributed by atoms with E-state index in [9.17, 15) is 0 Å². The van der Waals surface area contributed by atoms with Crippen LogP contribution >= 0.6 is 0 Å². The summed E-state index contributed by atoms with van der Waals surface area (Å²) >= 11 is 0. The molecule has 0 fully saturated rings. The predicted octanol–water partition coefficient (Wildman–Crippen LogP) is 3.42. The van der Waals surface area contributed by atoms with E-state index >= 15 is 0 Å². The number of aromatic nitrogens is 3. The molecule has 3 aromatic rings. The quantitative estimate of drug-likeness (QED) is 0.779. The highest BCUT2D eigenvalue weighted by molar-refractivity contribution is 5.78. The molecule has 0 radical (unpaired) electrons. The minimum absolute atomic E-state index is 0.584. The first-order chi connectivity index (χ1) is 10.3. The molecule has 0 aliphatic carbocycles. The van der Waals surface area contributed by atoms with Crippen LogP contribution in [0.15, 0.2) is 36.4 Å². The normalized spacial score (nSPS) is 10.8. The van der Waals surface area contributed by atoms with E-state index in [4.69, 9.17) is 9.47 Å². The van der Waals surface area contributed by atoms with Crippen molar-refractivity contribution in [3.63, 3.8) is 0 Å². The highest BCUT2D eigenvalue weighted by Gasteiger charge is 2.11. The fourth-order valence-corrected chi connectivity index (χ4v) is 2.17. The predicted molar refractivity (Wildman–Crippen MR) is 81.7 cm³/mol. The summed E-state index contributed by atoms with van der Waals surface area (Å²) < 4.78 is 11.0. The molecule has 0 unspecified atom stereocenters. The Kier molecular flexibility index (Phi) is 3.73. The fourth-order valence-electron chi connectivity index (χ4n) is 2.17. The van der Waals surface area contributed by atoms with Gasteiger partial charge in [-0.3, -0.25) is 0 Å². The fraction of sp³-hybridized carbons (Fsp3) is 0.250. The van der Waals surface area contributed by atoms with Gasteiger partial charge in [0.1, 0.15) is 11.6 Å². The molecule has 0 aliphatic heterocycles. The summed E-state index contributed by atoms with van der Waals surface area (Å²) in [4.78, 5) is 12.2. The molecular formula is C16H17N3O2. The number of nitrogens with zero attached hydrogens (tertiary/aromatic N) is 2. The highest BCUT2D eigenvalue weighted by Crippen LogP contribution is 2.29. The van der Waals surface area contributed by atoms with Crippen LogP contribution in [-0.2, 0) is 0 Å². The van der Waals surface area contributed by atoms with Gasteiger partial charge in [0.2, 0.25) is 5.88 Å². The molecule has 0 amide bonds. The van der Waals surface area contributed by atoms with Crippen molar-refractivity contribution in [2.45, 2.75) is 13.8 Å². The molecular weight excluding hydrogens is 266 g/mol. The van der Waals surface area contributed by atoms with Gasteiger partial charge >= 0.3 is 0 Å². The van der Waals surface area contributed by atoms with Crippen molar-refractivity contribution in [1.29, 1.82) is 0 Å². The number of imidazole rings is 1. The lowest BCUT2D eigenvalue weighted by atomic mass is 10.2. The molecule has 21 heavy (non-hydrogen) atoms. The Morgan fingerprint density at radius 1 is 0.952 bits per heavy atom. The number of H-pyrrole nitrogens is 1. The van der Waals surface area contributed by atoms with E-state index in [0.29, 0.717) is 24.7 Å². The van der Waals surface area contributed by atoms with E-state index in [1.807, 2.05) is 50.2 Å². The molecule has 0 saturated heterocycles. The third-order valence-corrected chi connectivity index (χ3v) is 3.05. The number of fused-ring (bicyclic) bond motifs is 1. The van der Waals surface area contributed by atoms with Crippen molar-refractivity contribution in [3.8, 4) is 23.0 Å². The summed E-state index contributed by atoms with van der Waals surface area (Å²) in [5.41, 5.74) is 2.44. The van der Waals surface area contributed by atoms with Crippen molar-refractivity contribution < 1.29 is 9.47 Å². The van der Waals surface area contributed by atoms with Gasteiger partial charge in [-0.1, -0.05) is 12.1 Å². The zero-order chi connectivity index (χ0) is 14.7. The van der Waals surface area contributed by atoms with Crippen LogP contribution in [0.25, 0.3) is 22.6 Å². The van der Waals surface area contributed by atoms with E-state index in [1.165, 1.54) is 0 Å². The Bertz CT molecular complexity index is 752. The van der Waals surface area contributed by atoms with Crippen molar-refractivity contribution in [2.75, 3.05) is 13.2 Å². The second kappa shape index (κ2) is 5.83. The summed E-state index contributed by atoms with van der Waals surface area (Å²) in [5, 5.41) is 0. The molecule has 5 nitrogen and oxygen atoms in total. The third kappa shape index (κ3) is 2.67. The van der Waals surface area contributed by atoms with Gasteiger partial charge in [-0.15, -0.1) is 0 Å². The van der Waals surface area contributed by atoms with Crippen LogP contribution in [-0.4, -0.2) is 28.2 Å². The molecule has 0 bridgehead atoms. The maximum absolute atomic E-state index is 5.64. The maximum Gasteiger partial charge on any atom is 0.215 e. The Morgan fingerprint density at radius 3 is 2.57 bits per heavy atom. The van der Waals surface area contributed by atoms with Crippen LogP contribution in [0.5, 0.6) is 11.6 Å². The summed E-state index contributed by atoms with van der Waals surface area (Å²) in [5.74, 6) is 2.14. The number of pyridine rings is 1. The first-order valence-electron chi connectivity index (χ1n) is 7.03. The number of rotatable bonds is 5. The van der Waals surface area contributed by atoms with Gasteiger partial charge in [0.15, 0.2) is 5.65 Å². The number of ether oxygens (including phenoxy) is 2. The smallest absolute Gasteiger partial charge is 0.215 e. The maximum atomic E-state index is 5.64. The lowest BCUT2D eigenvalue weighted by molar-refractivity contribution is 0.328. The summed E-state index contributed by atoms with van der Waals surface area (Å²) in [6.45, 7) is 5.10. The molecule has 2 heterocycles. The van der Waals surface area contributed by atoms with Crippen LogP contribution < -0.4 is 9.47 Å². The number of hydrogen-bond acceptors (Lipinski definition) is 4. The summed E-state index contributed by atoms with van der Waals surface area (Å²) in [7, 11) is 0. The molecule has 108 valence electrons. The van der Waals surface area contributed by atoms with Crippen molar-refractivity contribution in [2.24, 2.45) is 0 Å². The average Bonchev–Trinajstić information content (AvgIpc) is 2.91. The van der Waals surface area contributed by atoms with Crippen LogP contribution in [0.2, 0.25) is 0 Å². The van der Waals surface area contributed by atoms with Gasteiger partial charge in [-0.05, 0) is 32.0 Å². The second-order valence-corrected chi connectivity index (χ2v) is 4.47. The standard InChI is InChI=1S/C16H17N3O2/c1-3-20-13-8-6-5-7-11(13)15-17-12-9-10-14(21-4-2)18-16(12)19-15/h5-10H,3-4H2,1-2H3,(H,17,18,19). The lowest BCUT2D eigenvalue weighted by Crippen LogP contribution is -1.94. The SMILES string of the molecule is CCOc1ccc2[nH]c(-c3ccccc3OCC)nc2n1. The summed E-state index contributed by atoms with van der Waals surface area (Å²) in [6, 6.07) is 11.6. The molecule has 5 heteroatoms. The van der Waals surface area contributed by atoms with Crippen LogP contribution in [0, 0.1) is 0 Å². The molecule has 1 aromatic carbocycles. The van der Waals surface area contributed by atoms with Gasteiger partial charge in [-0.2, -0.15) is 4.98 Å². The number of benzene rings is 1. The van der Waals surface area contributed by atoms with E-state index in [0.717, 1.165) is 22.7 Å². The second-order valence-electron chi connectivity index (χ2n) is 4.47. The topological polar surface area (TPSA) is 60.0 Å². The largest absolute Gasteiger partial charge is 0.493 e. The first kappa shape index (κ1) is 13.4. The van der Waals surface area contributed by atoms with E-state index in [1.54, 1.807) is 0 Å². The molecule has 0 atom stereocenters. The third-order valence-electron chi connectivity index (χ3n) is 3.05. The lowest BCUT2D eigenvalue weighted by Gasteiger charge is -2.07. The zero-order valence-corrected chi connectivity index (χ0v) is 12.1. The van der Waals surface area contributed by atoms with Crippen LogP contribution in [0.4, 0.5) is 0 Å². The molecule has 0 spiro atoms.